The van der Waals surface area contributed by atoms with Gasteiger partial charge in [0.1, 0.15) is 0 Å². The van der Waals surface area contributed by atoms with Gasteiger partial charge in [0, 0.05) is 4.83 Å². The average Bonchev–Trinajstić information content (AvgIpc) is 1.96. The first-order chi connectivity index (χ1) is 5.45. The molecule has 0 aliphatic carbocycles. The standard InChI is InChI=1S/C7H13BrF3N/c1-2-6(8)3-4-12-5-7(9,10)11/h6,12H,2-5H2,1H3. The lowest BCUT2D eigenvalue weighted by Gasteiger charge is -2.09. The first-order valence-corrected chi connectivity index (χ1v) is 4.79. The van der Waals surface area contributed by atoms with Crippen LogP contribution in [0.1, 0.15) is 19.8 Å². The fourth-order valence-corrected chi connectivity index (χ4v) is 0.922. The maximum atomic E-state index is 11.6. The summed E-state index contributed by atoms with van der Waals surface area (Å²) in [7, 11) is 0. The first-order valence-electron chi connectivity index (χ1n) is 3.87. The molecule has 0 aromatic carbocycles. The van der Waals surface area contributed by atoms with Crippen LogP contribution in [0.3, 0.4) is 0 Å². The van der Waals surface area contributed by atoms with Crippen molar-refractivity contribution in [2.24, 2.45) is 0 Å². The molecule has 0 fully saturated rings. The lowest BCUT2D eigenvalue weighted by atomic mass is 10.2. The Morgan fingerprint density at radius 1 is 1.42 bits per heavy atom. The summed E-state index contributed by atoms with van der Waals surface area (Å²) in [4.78, 5) is 0.318. The Balaban J connectivity index is 3.22. The van der Waals surface area contributed by atoms with E-state index in [2.05, 4.69) is 21.2 Å². The number of nitrogens with one attached hydrogen (secondary N) is 1. The van der Waals surface area contributed by atoms with Crippen LogP contribution in [0, 0.1) is 0 Å². The van der Waals surface area contributed by atoms with E-state index < -0.39 is 12.7 Å². The number of hydrogen-bond donors (Lipinski definition) is 1. The van der Waals surface area contributed by atoms with Crippen molar-refractivity contribution in [3.8, 4) is 0 Å². The van der Waals surface area contributed by atoms with Crippen LogP contribution >= 0.6 is 15.9 Å². The molecule has 5 heteroatoms. The number of hydrogen-bond acceptors (Lipinski definition) is 1. The van der Waals surface area contributed by atoms with Gasteiger partial charge in [0.15, 0.2) is 0 Å². The molecular weight excluding hydrogens is 235 g/mol. The molecule has 0 radical (unpaired) electrons. The van der Waals surface area contributed by atoms with Crippen molar-refractivity contribution in [1.29, 1.82) is 0 Å². The summed E-state index contributed by atoms with van der Waals surface area (Å²) >= 11 is 3.34. The van der Waals surface area contributed by atoms with Crippen molar-refractivity contribution < 1.29 is 13.2 Å². The van der Waals surface area contributed by atoms with Gasteiger partial charge in [-0.3, -0.25) is 0 Å². The third kappa shape index (κ3) is 8.33. The molecule has 1 atom stereocenters. The van der Waals surface area contributed by atoms with Gasteiger partial charge in [-0.25, -0.2) is 0 Å². The summed E-state index contributed by atoms with van der Waals surface area (Å²) in [5.41, 5.74) is 0. The summed E-state index contributed by atoms with van der Waals surface area (Å²) in [6.45, 7) is 1.50. The lowest BCUT2D eigenvalue weighted by molar-refractivity contribution is -0.124. The normalized spacial score (nSPS) is 14.8. The molecule has 0 aromatic heterocycles. The van der Waals surface area contributed by atoms with Gasteiger partial charge in [0.05, 0.1) is 6.54 Å². The zero-order chi connectivity index (χ0) is 9.61. The van der Waals surface area contributed by atoms with E-state index in [1.165, 1.54) is 0 Å². The molecule has 0 aliphatic heterocycles. The zero-order valence-corrected chi connectivity index (χ0v) is 8.50. The highest BCUT2D eigenvalue weighted by molar-refractivity contribution is 9.09. The molecule has 0 aliphatic rings. The molecule has 0 aromatic rings. The van der Waals surface area contributed by atoms with Gasteiger partial charge in [0.2, 0.25) is 0 Å². The smallest absolute Gasteiger partial charge is 0.309 e. The van der Waals surface area contributed by atoms with E-state index >= 15 is 0 Å². The van der Waals surface area contributed by atoms with Crippen LogP contribution in [0.15, 0.2) is 0 Å². The van der Waals surface area contributed by atoms with Crippen molar-refractivity contribution >= 4 is 15.9 Å². The Hall–Kier alpha value is 0.230. The van der Waals surface area contributed by atoms with Crippen LogP contribution in [0.2, 0.25) is 0 Å². The van der Waals surface area contributed by atoms with Crippen LogP contribution in [-0.2, 0) is 0 Å². The van der Waals surface area contributed by atoms with E-state index in [1.54, 1.807) is 0 Å². The molecule has 0 rings (SSSR count). The fourth-order valence-electron chi connectivity index (χ4n) is 0.693. The Kier molecular flexibility index (Phi) is 5.92. The molecule has 0 saturated heterocycles. The second kappa shape index (κ2) is 5.80. The highest BCUT2D eigenvalue weighted by Crippen LogP contribution is 2.12. The molecule has 0 saturated carbocycles. The average molecular weight is 248 g/mol. The molecule has 0 amide bonds. The second-order valence-electron chi connectivity index (χ2n) is 2.59. The van der Waals surface area contributed by atoms with Gasteiger partial charge in [0.25, 0.3) is 0 Å². The molecule has 0 heterocycles. The molecular formula is C7H13BrF3N. The van der Waals surface area contributed by atoms with Crippen LogP contribution < -0.4 is 5.32 Å². The lowest BCUT2D eigenvalue weighted by Crippen LogP contribution is -2.30. The van der Waals surface area contributed by atoms with Gasteiger partial charge >= 0.3 is 6.18 Å². The first kappa shape index (κ1) is 12.2. The van der Waals surface area contributed by atoms with Gasteiger partial charge in [-0.15, -0.1) is 0 Å². The molecule has 1 unspecified atom stereocenters. The van der Waals surface area contributed by atoms with Crippen LogP contribution in [0.25, 0.3) is 0 Å². The van der Waals surface area contributed by atoms with Crippen molar-refractivity contribution in [2.45, 2.75) is 30.8 Å². The SMILES string of the molecule is CCC(Br)CCNCC(F)(F)F. The third-order valence-electron chi connectivity index (χ3n) is 1.40. The minimum absolute atomic E-state index is 0.318. The summed E-state index contributed by atoms with van der Waals surface area (Å²) < 4.78 is 34.8. The molecule has 0 spiro atoms. The molecule has 74 valence electrons. The largest absolute Gasteiger partial charge is 0.401 e. The number of rotatable bonds is 5. The van der Waals surface area contributed by atoms with Crippen molar-refractivity contribution in [3.05, 3.63) is 0 Å². The van der Waals surface area contributed by atoms with E-state index in [1.807, 2.05) is 6.92 Å². The Morgan fingerprint density at radius 2 is 2.00 bits per heavy atom. The highest BCUT2D eigenvalue weighted by atomic mass is 79.9. The molecule has 12 heavy (non-hydrogen) atoms. The Morgan fingerprint density at radius 3 is 2.42 bits per heavy atom. The number of alkyl halides is 4. The van der Waals surface area contributed by atoms with Crippen LogP contribution in [0.4, 0.5) is 13.2 Å². The molecule has 1 N–H and O–H groups in total. The van der Waals surface area contributed by atoms with Crippen molar-refractivity contribution in [3.63, 3.8) is 0 Å². The third-order valence-corrected chi connectivity index (χ3v) is 2.51. The topological polar surface area (TPSA) is 12.0 Å². The predicted octanol–water partition coefficient (Wildman–Crippen LogP) is 2.70. The summed E-state index contributed by atoms with van der Waals surface area (Å²) in [6, 6.07) is 0. The maximum absolute atomic E-state index is 11.6. The minimum Gasteiger partial charge on any atom is -0.309 e. The van der Waals surface area contributed by atoms with Crippen LogP contribution in [-0.4, -0.2) is 24.1 Å². The van der Waals surface area contributed by atoms with E-state index in [0.29, 0.717) is 11.4 Å². The Bertz CT molecular complexity index is 116. The quantitative estimate of drug-likeness (QED) is 0.582. The van der Waals surface area contributed by atoms with E-state index in [-0.39, 0.29) is 0 Å². The number of halogens is 4. The summed E-state index contributed by atoms with van der Waals surface area (Å²) in [5.74, 6) is 0. The predicted molar refractivity (Wildman–Crippen MR) is 46.5 cm³/mol. The second-order valence-corrected chi connectivity index (χ2v) is 3.88. The highest BCUT2D eigenvalue weighted by Gasteiger charge is 2.25. The van der Waals surface area contributed by atoms with Gasteiger partial charge < -0.3 is 5.32 Å². The van der Waals surface area contributed by atoms with Crippen molar-refractivity contribution in [1.82, 2.24) is 5.32 Å². The fraction of sp³-hybridized carbons (Fsp3) is 1.00. The monoisotopic (exact) mass is 247 g/mol. The van der Waals surface area contributed by atoms with Crippen molar-refractivity contribution in [2.75, 3.05) is 13.1 Å². The van der Waals surface area contributed by atoms with Crippen LogP contribution in [0.5, 0.6) is 0 Å². The van der Waals surface area contributed by atoms with Gasteiger partial charge in [-0.1, -0.05) is 22.9 Å². The molecule has 1 nitrogen and oxygen atoms in total. The summed E-state index contributed by atoms with van der Waals surface area (Å²) in [6.07, 6.45) is -2.42. The van der Waals surface area contributed by atoms with E-state index in [9.17, 15) is 13.2 Å². The van der Waals surface area contributed by atoms with E-state index in [0.717, 1.165) is 12.8 Å². The minimum atomic E-state index is -4.09. The van der Waals surface area contributed by atoms with E-state index in [4.69, 9.17) is 0 Å². The van der Waals surface area contributed by atoms with Gasteiger partial charge in [-0.2, -0.15) is 13.2 Å². The maximum Gasteiger partial charge on any atom is 0.401 e. The Labute approximate surface area is 78.8 Å². The summed E-state index contributed by atoms with van der Waals surface area (Å²) in [5, 5.41) is 2.34. The van der Waals surface area contributed by atoms with Gasteiger partial charge in [-0.05, 0) is 19.4 Å². The zero-order valence-electron chi connectivity index (χ0n) is 6.92. The molecule has 0 bridgehead atoms.